The zero-order valence-electron chi connectivity index (χ0n) is 19.5. The second-order valence-electron chi connectivity index (χ2n) is 8.52. The van der Waals surface area contributed by atoms with Crippen molar-refractivity contribution >= 4 is 23.2 Å². The predicted molar refractivity (Wildman–Crippen MR) is 138 cm³/mol. The number of benzene rings is 4. The molecule has 1 N–H and O–H groups in total. The minimum absolute atomic E-state index is 0.0724. The minimum atomic E-state index is -0.268. The second kappa shape index (κ2) is 9.85. The lowest BCUT2D eigenvalue weighted by atomic mass is 9.95. The molecule has 0 unspecified atom stereocenters. The Bertz CT molecular complexity index is 1380. The van der Waals surface area contributed by atoms with Crippen LogP contribution in [0.4, 0.5) is 11.4 Å². The van der Waals surface area contributed by atoms with Gasteiger partial charge >= 0.3 is 0 Å². The molecule has 174 valence electrons. The first kappa shape index (κ1) is 22.4. The number of fused-ring (bicyclic) bond motifs is 2. The van der Waals surface area contributed by atoms with Crippen LogP contribution < -0.4 is 15.0 Å². The Labute approximate surface area is 205 Å². The number of anilines is 2. The lowest BCUT2D eigenvalue weighted by Crippen LogP contribution is -2.32. The smallest absolute Gasteiger partial charge is 0.259 e. The van der Waals surface area contributed by atoms with E-state index in [0.29, 0.717) is 29.1 Å². The van der Waals surface area contributed by atoms with Crippen molar-refractivity contribution in [2.75, 3.05) is 17.3 Å². The van der Waals surface area contributed by atoms with E-state index in [2.05, 4.69) is 29.6 Å². The third-order valence-corrected chi connectivity index (χ3v) is 6.38. The number of carbonyl (C=O) groups is 2. The Kier molecular flexibility index (Phi) is 6.31. The van der Waals surface area contributed by atoms with E-state index in [1.54, 1.807) is 42.5 Å². The maximum Gasteiger partial charge on any atom is 0.259 e. The lowest BCUT2D eigenvalue weighted by molar-refractivity contribution is 0.0983. The summed E-state index contributed by atoms with van der Waals surface area (Å²) in [4.78, 5) is 28.3. The molecule has 1 heterocycles. The number of ether oxygens (including phenoxy) is 1. The van der Waals surface area contributed by atoms with Gasteiger partial charge in [0.2, 0.25) is 0 Å². The fourth-order valence-corrected chi connectivity index (χ4v) is 4.53. The number of rotatable bonds is 4. The first-order chi connectivity index (χ1) is 17.1. The number of aryl methyl sites for hydroxylation is 2. The van der Waals surface area contributed by atoms with Crippen LogP contribution in [0, 0.1) is 0 Å². The Morgan fingerprint density at radius 2 is 1.37 bits per heavy atom. The summed E-state index contributed by atoms with van der Waals surface area (Å²) in [6.45, 7) is 0.512. The van der Waals surface area contributed by atoms with Crippen LogP contribution in [0.15, 0.2) is 97.1 Å². The summed E-state index contributed by atoms with van der Waals surface area (Å²) in [5, 5.41) is 2.88. The van der Waals surface area contributed by atoms with E-state index in [-0.39, 0.29) is 11.8 Å². The van der Waals surface area contributed by atoms with E-state index < -0.39 is 0 Å². The quantitative estimate of drug-likeness (QED) is 0.411. The van der Waals surface area contributed by atoms with Crippen LogP contribution in [0.25, 0.3) is 0 Å². The van der Waals surface area contributed by atoms with Gasteiger partial charge in [-0.05, 0) is 72.0 Å². The van der Waals surface area contributed by atoms with Gasteiger partial charge < -0.3 is 15.0 Å². The fraction of sp³-hybridized carbons (Fsp3) is 0.133. The molecule has 0 aliphatic carbocycles. The van der Waals surface area contributed by atoms with Crippen molar-refractivity contribution in [3.05, 3.63) is 125 Å². The molecule has 0 fully saturated rings. The SMILES string of the molecule is COc1ccccc1C(=O)Nc1ccc(C(=O)N2Cc3ccccc3CCc3ccccc32)cc1. The average molecular weight is 463 g/mol. The highest BCUT2D eigenvalue weighted by Crippen LogP contribution is 2.30. The van der Waals surface area contributed by atoms with Crippen LogP contribution in [0.2, 0.25) is 0 Å². The van der Waals surface area contributed by atoms with Crippen LogP contribution in [-0.4, -0.2) is 18.9 Å². The number of para-hydroxylation sites is 2. The summed E-state index contributed by atoms with van der Waals surface area (Å²) in [6, 6.07) is 30.5. The van der Waals surface area contributed by atoms with Crippen molar-refractivity contribution in [2.24, 2.45) is 0 Å². The van der Waals surface area contributed by atoms with Gasteiger partial charge in [0.05, 0.1) is 19.2 Å². The molecule has 4 aromatic carbocycles. The summed E-state index contributed by atoms with van der Waals surface area (Å²) in [6.07, 6.45) is 1.83. The van der Waals surface area contributed by atoms with Crippen molar-refractivity contribution in [3.8, 4) is 5.75 Å². The molecular weight excluding hydrogens is 436 g/mol. The Balaban J connectivity index is 1.40. The first-order valence-electron chi connectivity index (χ1n) is 11.6. The van der Waals surface area contributed by atoms with E-state index in [4.69, 9.17) is 4.74 Å². The standard InChI is InChI=1S/C30H26N2O3/c1-35-28-13-7-5-11-26(28)29(33)31-25-18-16-23(17-19-25)30(34)32-20-24-10-3-2-8-21(24)14-15-22-9-4-6-12-27(22)32/h2-13,16-19H,14-15,20H2,1H3,(H,31,33). The number of methoxy groups -OCH3 is 1. The molecule has 0 atom stereocenters. The first-order valence-corrected chi connectivity index (χ1v) is 11.6. The third kappa shape index (κ3) is 4.66. The summed E-state index contributed by atoms with van der Waals surface area (Å²) in [7, 11) is 1.54. The molecule has 2 amide bonds. The number of carbonyl (C=O) groups excluding carboxylic acids is 2. The Morgan fingerprint density at radius 1 is 0.743 bits per heavy atom. The van der Waals surface area contributed by atoms with Crippen LogP contribution in [0.1, 0.15) is 37.4 Å². The number of hydrogen-bond donors (Lipinski definition) is 1. The van der Waals surface area contributed by atoms with Crippen LogP contribution in [0.3, 0.4) is 0 Å². The van der Waals surface area contributed by atoms with Gasteiger partial charge in [0, 0.05) is 16.9 Å². The Hall–Kier alpha value is -4.38. The van der Waals surface area contributed by atoms with E-state index >= 15 is 0 Å². The highest BCUT2D eigenvalue weighted by Gasteiger charge is 2.23. The molecule has 4 aromatic rings. The molecule has 0 radical (unpaired) electrons. The van der Waals surface area contributed by atoms with Gasteiger partial charge in [-0.1, -0.05) is 54.6 Å². The maximum atomic E-state index is 13.7. The van der Waals surface area contributed by atoms with Gasteiger partial charge in [-0.3, -0.25) is 9.59 Å². The molecular formula is C30H26N2O3. The fourth-order valence-electron chi connectivity index (χ4n) is 4.53. The second-order valence-corrected chi connectivity index (χ2v) is 8.52. The van der Waals surface area contributed by atoms with Gasteiger partial charge in [0.25, 0.3) is 11.8 Å². The molecule has 1 aliphatic heterocycles. The minimum Gasteiger partial charge on any atom is -0.496 e. The molecule has 0 spiro atoms. The highest BCUT2D eigenvalue weighted by molar-refractivity contribution is 6.08. The summed E-state index contributed by atoms with van der Waals surface area (Å²) in [5.41, 5.74) is 6.16. The monoisotopic (exact) mass is 462 g/mol. The maximum absolute atomic E-state index is 13.7. The zero-order chi connectivity index (χ0) is 24.2. The molecule has 0 aromatic heterocycles. The molecule has 5 heteroatoms. The molecule has 0 saturated heterocycles. The van der Waals surface area contributed by atoms with Crippen LogP contribution in [0.5, 0.6) is 5.75 Å². The third-order valence-electron chi connectivity index (χ3n) is 6.38. The molecule has 1 aliphatic rings. The lowest BCUT2D eigenvalue weighted by Gasteiger charge is -2.29. The number of nitrogens with one attached hydrogen (secondary N) is 1. The average Bonchev–Trinajstić information content (AvgIpc) is 2.90. The molecule has 5 nitrogen and oxygen atoms in total. The largest absolute Gasteiger partial charge is 0.496 e. The summed E-state index contributed by atoms with van der Waals surface area (Å²) < 4.78 is 5.28. The van der Waals surface area contributed by atoms with Gasteiger partial charge in [0.15, 0.2) is 0 Å². The van der Waals surface area contributed by atoms with E-state index in [1.807, 2.05) is 35.2 Å². The zero-order valence-corrected chi connectivity index (χ0v) is 19.5. The van der Waals surface area contributed by atoms with Gasteiger partial charge in [-0.25, -0.2) is 0 Å². The Morgan fingerprint density at radius 3 is 2.14 bits per heavy atom. The van der Waals surface area contributed by atoms with Gasteiger partial charge in [-0.15, -0.1) is 0 Å². The highest BCUT2D eigenvalue weighted by atomic mass is 16.5. The molecule has 0 bridgehead atoms. The number of nitrogens with zero attached hydrogens (tertiary/aromatic N) is 1. The van der Waals surface area contributed by atoms with Crippen LogP contribution >= 0.6 is 0 Å². The van der Waals surface area contributed by atoms with Crippen molar-refractivity contribution in [1.82, 2.24) is 0 Å². The summed E-state index contributed by atoms with van der Waals surface area (Å²) >= 11 is 0. The van der Waals surface area contributed by atoms with E-state index in [0.717, 1.165) is 29.7 Å². The molecule has 0 saturated carbocycles. The van der Waals surface area contributed by atoms with Crippen molar-refractivity contribution in [2.45, 2.75) is 19.4 Å². The summed E-state index contributed by atoms with van der Waals surface area (Å²) in [5.74, 6) is 0.167. The van der Waals surface area contributed by atoms with E-state index in [9.17, 15) is 9.59 Å². The van der Waals surface area contributed by atoms with Crippen molar-refractivity contribution in [3.63, 3.8) is 0 Å². The van der Waals surface area contributed by atoms with Crippen molar-refractivity contribution in [1.29, 1.82) is 0 Å². The molecule has 5 rings (SSSR count). The van der Waals surface area contributed by atoms with Crippen molar-refractivity contribution < 1.29 is 14.3 Å². The molecule has 35 heavy (non-hydrogen) atoms. The predicted octanol–water partition coefficient (Wildman–Crippen LogP) is 5.89. The number of hydrogen-bond acceptors (Lipinski definition) is 3. The van der Waals surface area contributed by atoms with Gasteiger partial charge in [0.1, 0.15) is 5.75 Å². The van der Waals surface area contributed by atoms with Crippen LogP contribution in [-0.2, 0) is 19.4 Å². The topological polar surface area (TPSA) is 58.6 Å². The van der Waals surface area contributed by atoms with E-state index in [1.165, 1.54) is 12.7 Å². The van der Waals surface area contributed by atoms with Gasteiger partial charge in [-0.2, -0.15) is 0 Å². The normalized spacial score (nSPS) is 12.5. The number of amides is 2.